The van der Waals surface area contributed by atoms with Gasteiger partial charge in [-0.15, -0.1) is 0 Å². The Morgan fingerprint density at radius 1 is 0.955 bits per heavy atom. The van der Waals surface area contributed by atoms with Crippen molar-refractivity contribution in [3.8, 4) is 17.2 Å². The van der Waals surface area contributed by atoms with Gasteiger partial charge in [-0.3, -0.25) is 0 Å². The number of phenolic OH excluding ortho intramolecular Hbond substituents is 1. The van der Waals surface area contributed by atoms with Gasteiger partial charge in [-0.25, -0.2) is 0 Å². The first kappa shape index (κ1) is 15.9. The van der Waals surface area contributed by atoms with E-state index < -0.39 is 0 Å². The van der Waals surface area contributed by atoms with Gasteiger partial charge in [0.1, 0.15) is 17.2 Å². The predicted molar refractivity (Wildman–Crippen MR) is 87.4 cm³/mol. The molecule has 0 radical (unpaired) electrons. The number of benzene rings is 2. The molecule has 0 aromatic heterocycles. The third-order valence-corrected chi connectivity index (χ3v) is 3.37. The highest BCUT2D eigenvalue weighted by Gasteiger charge is 2.09. The number of aliphatic hydroxyl groups excluding tert-OH is 1. The molecular formula is C18H20O4. The van der Waals surface area contributed by atoms with E-state index in [1.165, 1.54) is 0 Å². The zero-order chi connectivity index (χ0) is 15.9. The van der Waals surface area contributed by atoms with E-state index in [4.69, 9.17) is 14.6 Å². The standard InChI is InChI=1S/C18H20O4/c1-21-15-7-5-13(6-8-15)3-4-14-11-17(20)16(9-10-19)18(12-14)22-2/h3-8,11-12,19-20H,9-10H2,1-2H3. The van der Waals surface area contributed by atoms with Crippen molar-refractivity contribution in [1.82, 2.24) is 0 Å². The first-order valence-corrected chi connectivity index (χ1v) is 7.00. The van der Waals surface area contributed by atoms with E-state index in [0.717, 1.165) is 16.9 Å². The lowest BCUT2D eigenvalue weighted by atomic mass is 10.0. The largest absolute Gasteiger partial charge is 0.508 e. The van der Waals surface area contributed by atoms with Gasteiger partial charge in [0.25, 0.3) is 0 Å². The monoisotopic (exact) mass is 300 g/mol. The molecule has 2 aromatic rings. The summed E-state index contributed by atoms with van der Waals surface area (Å²) >= 11 is 0. The molecular weight excluding hydrogens is 280 g/mol. The Balaban J connectivity index is 2.24. The van der Waals surface area contributed by atoms with E-state index in [-0.39, 0.29) is 12.4 Å². The second-order valence-corrected chi connectivity index (χ2v) is 4.80. The van der Waals surface area contributed by atoms with Crippen LogP contribution in [0.15, 0.2) is 36.4 Å². The van der Waals surface area contributed by atoms with Crippen molar-refractivity contribution >= 4 is 12.2 Å². The molecule has 0 aliphatic rings. The van der Waals surface area contributed by atoms with E-state index >= 15 is 0 Å². The van der Waals surface area contributed by atoms with Crippen molar-refractivity contribution in [2.45, 2.75) is 6.42 Å². The summed E-state index contributed by atoms with van der Waals surface area (Å²) in [6.45, 7) is -0.0368. The highest BCUT2D eigenvalue weighted by molar-refractivity contribution is 5.72. The lowest BCUT2D eigenvalue weighted by molar-refractivity contribution is 0.294. The Labute approximate surface area is 130 Å². The SMILES string of the molecule is COc1ccc(C=Cc2cc(O)c(CCO)c(OC)c2)cc1. The Kier molecular flexibility index (Phi) is 5.44. The molecule has 22 heavy (non-hydrogen) atoms. The van der Waals surface area contributed by atoms with Crippen molar-refractivity contribution in [2.24, 2.45) is 0 Å². The molecule has 0 bridgehead atoms. The van der Waals surface area contributed by atoms with Crippen molar-refractivity contribution in [3.63, 3.8) is 0 Å². The van der Waals surface area contributed by atoms with Gasteiger partial charge in [0.15, 0.2) is 0 Å². The quantitative estimate of drug-likeness (QED) is 0.805. The normalized spacial score (nSPS) is 10.9. The van der Waals surface area contributed by atoms with Crippen LogP contribution < -0.4 is 9.47 Å². The minimum atomic E-state index is -0.0368. The number of hydrogen-bond donors (Lipinski definition) is 2. The van der Waals surface area contributed by atoms with Crippen molar-refractivity contribution in [2.75, 3.05) is 20.8 Å². The third kappa shape index (κ3) is 3.80. The lowest BCUT2D eigenvalue weighted by Gasteiger charge is -2.10. The number of methoxy groups -OCH3 is 2. The van der Waals surface area contributed by atoms with Gasteiger partial charge in [-0.2, -0.15) is 0 Å². The van der Waals surface area contributed by atoms with E-state index in [1.807, 2.05) is 42.5 Å². The number of phenols is 1. The van der Waals surface area contributed by atoms with Crippen molar-refractivity contribution < 1.29 is 19.7 Å². The van der Waals surface area contributed by atoms with Crippen LogP contribution in [-0.4, -0.2) is 31.0 Å². The molecule has 116 valence electrons. The summed E-state index contributed by atoms with van der Waals surface area (Å²) in [5, 5.41) is 19.1. The van der Waals surface area contributed by atoms with Gasteiger partial charge in [-0.05, 0) is 35.4 Å². The van der Waals surface area contributed by atoms with Crippen LogP contribution in [0.5, 0.6) is 17.2 Å². The molecule has 0 fully saturated rings. The molecule has 2 aromatic carbocycles. The number of hydrogen-bond acceptors (Lipinski definition) is 4. The highest BCUT2D eigenvalue weighted by atomic mass is 16.5. The molecule has 0 saturated heterocycles. The Morgan fingerprint density at radius 2 is 1.64 bits per heavy atom. The van der Waals surface area contributed by atoms with Crippen LogP contribution in [0.1, 0.15) is 16.7 Å². The molecule has 4 heteroatoms. The topological polar surface area (TPSA) is 58.9 Å². The van der Waals surface area contributed by atoms with Crippen molar-refractivity contribution in [1.29, 1.82) is 0 Å². The summed E-state index contributed by atoms with van der Waals surface area (Å²) in [6.07, 6.45) is 4.20. The second-order valence-electron chi connectivity index (χ2n) is 4.80. The van der Waals surface area contributed by atoms with Crippen molar-refractivity contribution in [3.05, 3.63) is 53.1 Å². The van der Waals surface area contributed by atoms with E-state index in [1.54, 1.807) is 20.3 Å². The molecule has 0 saturated carbocycles. The maximum absolute atomic E-state index is 10.1. The van der Waals surface area contributed by atoms with Gasteiger partial charge in [0, 0.05) is 18.6 Å². The molecule has 0 unspecified atom stereocenters. The first-order valence-electron chi connectivity index (χ1n) is 7.00. The molecule has 0 aliphatic carbocycles. The predicted octanol–water partition coefficient (Wildman–Crippen LogP) is 3.11. The van der Waals surface area contributed by atoms with Crippen LogP contribution in [0.25, 0.3) is 12.2 Å². The van der Waals surface area contributed by atoms with E-state index in [0.29, 0.717) is 17.7 Å². The fraction of sp³-hybridized carbons (Fsp3) is 0.222. The average Bonchev–Trinajstić information content (AvgIpc) is 2.55. The molecule has 2 N–H and O–H groups in total. The van der Waals surface area contributed by atoms with Crippen LogP contribution in [0, 0.1) is 0 Å². The van der Waals surface area contributed by atoms with Crippen LogP contribution in [0.3, 0.4) is 0 Å². The number of rotatable bonds is 6. The minimum Gasteiger partial charge on any atom is -0.508 e. The first-order chi connectivity index (χ1) is 10.7. The molecule has 0 amide bonds. The summed E-state index contributed by atoms with van der Waals surface area (Å²) in [6, 6.07) is 11.2. The highest BCUT2D eigenvalue weighted by Crippen LogP contribution is 2.31. The molecule has 2 rings (SSSR count). The summed E-state index contributed by atoms with van der Waals surface area (Å²) in [5.74, 6) is 1.51. The van der Waals surface area contributed by atoms with E-state index in [9.17, 15) is 5.11 Å². The van der Waals surface area contributed by atoms with Gasteiger partial charge < -0.3 is 19.7 Å². The third-order valence-electron chi connectivity index (χ3n) is 3.37. The summed E-state index contributed by atoms with van der Waals surface area (Å²) in [5.41, 5.74) is 2.47. The number of ether oxygens (including phenoxy) is 2. The Bertz CT molecular complexity index is 645. The maximum atomic E-state index is 10.1. The average molecular weight is 300 g/mol. The minimum absolute atomic E-state index is 0.0368. The van der Waals surface area contributed by atoms with Crippen LogP contribution in [0.2, 0.25) is 0 Å². The van der Waals surface area contributed by atoms with Crippen LogP contribution in [0.4, 0.5) is 0 Å². The maximum Gasteiger partial charge on any atom is 0.126 e. The summed E-state index contributed by atoms with van der Waals surface area (Å²) < 4.78 is 10.4. The number of aliphatic hydroxyl groups is 1. The second kappa shape index (κ2) is 7.52. The zero-order valence-electron chi connectivity index (χ0n) is 12.7. The van der Waals surface area contributed by atoms with E-state index in [2.05, 4.69) is 0 Å². The van der Waals surface area contributed by atoms with Gasteiger partial charge in [0.2, 0.25) is 0 Å². The van der Waals surface area contributed by atoms with Gasteiger partial charge >= 0.3 is 0 Å². The van der Waals surface area contributed by atoms with Crippen LogP contribution >= 0.6 is 0 Å². The summed E-state index contributed by atoms with van der Waals surface area (Å²) in [7, 11) is 3.18. The smallest absolute Gasteiger partial charge is 0.126 e. The number of aromatic hydroxyl groups is 1. The fourth-order valence-corrected chi connectivity index (χ4v) is 2.20. The Hall–Kier alpha value is -2.46. The molecule has 4 nitrogen and oxygen atoms in total. The fourth-order valence-electron chi connectivity index (χ4n) is 2.20. The zero-order valence-corrected chi connectivity index (χ0v) is 12.7. The lowest BCUT2D eigenvalue weighted by Crippen LogP contribution is -1.97. The van der Waals surface area contributed by atoms with Gasteiger partial charge in [-0.1, -0.05) is 24.3 Å². The Morgan fingerprint density at radius 3 is 2.23 bits per heavy atom. The molecule has 0 atom stereocenters. The molecule has 0 heterocycles. The summed E-state index contributed by atoms with van der Waals surface area (Å²) in [4.78, 5) is 0. The van der Waals surface area contributed by atoms with Crippen LogP contribution in [-0.2, 0) is 6.42 Å². The molecule has 0 aliphatic heterocycles. The van der Waals surface area contributed by atoms with Gasteiger partial charge in [0.05, 0.1) is 14.2 Å². The molecule has 0 spiro atoms.